The van der Waals surface area contributed by atoms with Gasteiger partial charge in [-0.1, -0.05) is 42.5 Å². The molecular formula is C25H25NO6. The number of nitrogens with two attached hydrogens (primary N) is 1. The van der Waals surface area contributed by atoms with Crippen molar-refractivity contribution in [2.45, 2.75) is 24.7 Å². The van der Waals surface area contributed by atoms with Crippen molar-refractivity contribution in [2.24, 2.45) is 5.73 Å². The zero-order chi connectivity index (χ0) is 22.8. The van der Waals surface area contributed by atoms with Crippen LogP contribution in [0.1, 0.15) is 35.8 Å². The summed E-state index contributed by atoms with van der Waals surface area (Å²) in [5.74, 6) is -0.316. The lowest BCUT2D eigenvalue weighted by Crippen LogP contribution is -2.33. The van der Waals surface area contributed by atoms with Gasteiger partial charge in [0, 0.05) is 24.0 Å². The number of rotatable bonds is 5. The van der Waals surface area contributed by atoms with Gasteiger partial charge in [0.05, 0.1) is 27.2 Å². The van der Waals surface area contributed by atoms with Gasteiger partial charge in [0.2, 0.25) is 5.88 Å². The molecule has 7 nitrogen and oxygen atoms in total. The van der Waals surface area contributed by atoms with Crippen molar-refractivity contribution in [1.82, 2.24) is 0 Å². The standard InChI is InChI=1S/C25H25NO6/c1-29-18-11-7-10-16(23(18)30-2)20-21-17(27)12-15(14-8-5-4-6-9-14)13-19(21)32-24(26)22(20)25(28)31-3/h4-11,15,20H,12-13,26H2,1-3H3/t15-,20+/m0/s1. The average Bonchev–Trinajstić information content (AvgIpc) is 2.82. The molecule has 7 heteroatoms. The van der Waals surface area contributed by atoms with E-state index < -0.39 is 11.9 Å². The summed E-state index contributed by atoms with van der Waals surface area (Å²) in [7, 11) is 4.30. The van der Waals surface area contributed by atoms with E-state index in [1.54, 1.807) is 18.2 Å². The van der Waals surface area contributed by atoms with Gasteiger partial charge in [0.25, 0.3) is 0 Å². The first-order valence-corrected chi connectivity index (χ1v) is 10.3. The third kappa shape index (κ3) is 3.60. The lowest BCUT2D eigenvalue weighted by atomic mass is 9.73. The second-order valence-corrected chi connectivity index (χ2v) is 7.66. The van der Waals surface area contributed by atoms with Gasteiger partial charge in [-0.2, -0.15) is 0 Å². The van der Waals surface area contributed by atoms with Gasteiger partial charge in [-0.15, -0.1) is 0 Å². The minimum atomic E-state index is -0.791. The average molecular weight is 435 g/mol. The molecular weight excluding hydrogens is 410 g/mol. The molecule has 4 rings (SSSR count). The third-order valence-electron chi connectivity index (χ3n) is 5.96. The number of hydrogen-bond acceptors (Lipinski definition) is 7. The summed E-state index contributed by atoms with van der Waals surface area (Å²) < 4.78 is 21.9. The number of hydrogen-bond donors (Lipinski definition) is 1. The summed E-state index contributed by atoms with van der Waals surface area (Å²) >= 11 is 0. The lowest BCUT2D eigenvalue weighted by molar-refractivity contribution is -0.136. The first-order chi connectivity index (χ1) is 15.5. The van der Waals surface area contributed by atoms with E-state index in [0.29, 0.717) is 41.2 Å². The fourth-order valence-electron chi connectivity index (χ4n) is 4.53. The Hall–Kier alpha value is -3.74. The van der Waals surface area contributed by atoms with Crippen LogP contribution >= 0.6 is 0 Å². The number of ether oxygens (including phenoxy) is 4. The maximum atomic E-state index is 13.5. The molecule has 0 bridgehead atoms. The maximum absolute atomic E-state index is 13.5. The number of carbonyl (C=O) groups is 2. The van der Waals surface area contributed by atoms with Crippen molar-refractivity contribution in [1.29, 1.82) is 0 Å². The lowest BCUT2D eigenvalue weighted by Gasteiger charge is -2.35. The maximum Gasteiger partial charge on any atom is 0.340 e. The Kier molecular flexibility index (Phi) is 5.90. The predicted octanol–water partition coefficient (Wildman–Crippen LogP) is 3.56. The molecule has 0 spiro atoms. The number of esters is 1. The van der Waals surface area contributed by atoms with E-state index in [9.17, 15) is 9.59 Å². The number of benzene rings is 2. The minimum absolute atomic E-state index is 0.0391. The SMILES string of the molecule is COC(=O)C1=C(N)OC2=C(C(=O)C[C@H](c3ccccc3)C2)[C@H]1c1cccc(OC)c1OC. The van der Waals surface area contributed by atoms with Gasteiger partial charge < -0.3 is 24.7 Å². The summed E-state index contributed by atoms with van der Waals surface area (Å²) in [6, 6.07) is 15.1. The minimum Gasteiger partial charge on any atom is -0.493 e. The summed E-state index contributed by atoms with van der Waals surface area (Å²) in [6.07, 6.45) is 0.784. The zero-order valence-corrected chi connectivity index (χ0v) is 18.2. The molecule has 0 amide bonds. The predicted molar refractivity (Wildman–Crippen MR) is 117 cm³/mol. The van der Waals surface area contributed by atoms with Crippen molar-refractivity contribution in [3.8, 4) is 11.5 Å². The van der Waals surface area contributed by atoms with Crippen LogP contribution in [-0.4, -0.2) is 33.1 Å². The molecule has 1 aliphatic heterocycles. The third-order valence-corrected chi connectivity index (χ3v) is 5.96. The summed E-state index contributed by atoms with van der Waals surface area (Å²) in [4.78, 5) is 26.2. The van der Waals surface area contributed by atoms with Crippen molar-refractivity contribution in [3.05, 3.63) is 82.4 Å². The fourth-order valence-corrected chi connectivity index (χ4v) is 4.53. The highest BCUT2D eigenvalue weighted by Crippen LogP contribution is 2.50. The molecule has 2 aromatic rings. The number of carbonyl (C=O) groups excluding carboxylic acids is 2. The smallest absolute Gasteiger partial charge is 0.340 e. The second-order valence-electron chi connectivity index (χ2n) is 7.66. The Morgan fingerprint density at radius 1 is 1.00 bits per heavy atom. The molecule has 0 saturated heterocycles. The Labute approximate surface area is 186 Å². The normalized spacial score (nSPS) is 20.4. The van der Waals surface area contributed by atoms with Crippen LogP contribution in [0, 0.1) is 0 Å². The monoisotopic (exact) mass is 435 g/mol. The van der Waals surface area contributed by atoms with E-state index in [1.165, 1.54) is 21.3 Å². The fraction of sp³-hybridized carbons (Fsp3) is 0.280. The Bertz CT molecular complexity index is 1120. The number of para-hydroxylation sites is 1. The van der Waals surface area contributed by atoms with Gasteiger partial charge in [-0.05, 0) is 17.5 Å². The van der Waals surface area contributed by atoms with E-state index in [-0.39, 0.29) is 23.2 Å². The van der Waals surface area contributed by atoms with Gasteiger partial charge in [-0.25, -0.2) is 4.79 Å². The highest BCUT2D eigenvalue weighted by Gasteiger charge is 2.44. The molecule has 2 atom stereocenters. The van der Waals surface area contributed by atoms with Gasteiger partial charge in [0.15, 0.2) is 17.3 Å². The van der Waals surface area contributed by atoms with Gasteiger partial charge in [-0.3, -0.25) is 4.79 Å². The van der Waals surface area contributed by atoms with E-state index in [0.717, 1.165) is 5.56 Å². The molecule has 32 heavy (non-hydrogen) atoms. The largest absolute Gasteiger partial charge is 0.493 e. The molecule has 2 aromatic carbocycles. The molecule has 0 fully saturated rings. The Morgan fingerprint density at radius 3 is 2.41 bits per heavy atom. The molecule has 1 aliphatic carbocycles. The van der Waals surface area contributed by atoms with Crippen LogP contribution in [0.15, 0.2) is 71.3 Å². The summed E-state index contributed by atoms with van der Waals surface area (Å²) in [6.45, 7) is 0. The topological polar surface area (TPSA) is 97.1 Å². The molecule has 2 aliphatic rings. The molecule has 0 radical (unpaired) electrons. The summed E-state index contributed by atoms with van der Waals surface area (Å²) in [5.41, 5.74) is 8.33. The zero-order valence-electron chi connectivity index (χ0n) is 18.2. The highest BCUT2D eigenvalue weighted by atomic mass is 16.5. The van der Waals surface area contributed by atoms with E-state index in [1.807, 2.05) is 30.3 Å². The number of Topliss-reactive ketones (excluding diaryl/α,β-unsaturated/α-hetero) is 1. The van der Waals surface area contributed by atoms with Crippen LogP contribution in [0.5, 0.6) is 11.5 Å². The van der Waals surface area contributed by atoms with E-state index in [2.05, 4.69) is 0 Å². The first kappa shape index (κ1) is 21.5. The van der Waals surface area contributed by atoms with Crippen LogP contribution < -0.4 is 15.2 Å². The molecule has 0 saturated carbocycles. The molecule has 0 unspecified atom stereocenters. The van der Waals surface area contributed by atoms with Crippen LogP contribution in [0.25, 0.3) is 0 Å². The van der Waals surface area contributed by atoms with Gasteiger partial charge in [0.1, 0.15) is 11.3 Å². The quantitative estimate of drug-likeness (QED) is 0.717. The number of allylic oxidation sites excluding steroid dienone is 2. The van der Waals surface area contributed by atoms with E-state index in [4.69, 9.17) is 24.7 Å². The van der Waals surface area contributed by atoms with Crippen molar-refractivity contribution < 1.29 is 28.5 Å². The second kappa shape index (κ2) is 8.78. The van der Waals surface area contributed by atoms with E-state index >= 15 is 0 Å². The highest BCUT2D eigenvalue weighted by molar-refractivity contribution is 6.04. The van der Waals surface area contributed by atoms with Gasteiger partial charge >= 0.3 is 5.97 Å². The molecule has 1 heterocycles. The molecule has 2 N–H and O–H groups in total. The molecule has 166 valence electrons. The van der Waals surface area contributed by atoms with Crippen LogP contribution in [-0.2, 0) is 19.1 Å². The van der Waals surface area contributed by atoms with Crippen LogP contribution in [0.3, 0.4) is 0 Å². The molecule has 0 aromatic heterocycles. The number of methoxy groups -OCH3 is 3. The first-order valence-electron chi connectivity index (χ1n) is 10.3. The Balaban J connectivity index is 1.88. The van der Waals surface area contributed by atoms with Crippen molar-refractivity contribution in [3.63, 3.8) is 0 Å². The van der Waals surface area contributed by atoms with Crippen molar-refractivity contribution >= 4 is 11.8 Å². The summed E-state index contributed by atoms with van der Waals surface area (Å²) in [5, 5.41) is 0. The van der Waals surface area contributed by atoms with Crippen LogP contribution in [0.2, 0.25) is 0 Å². The van der Waals surface area contributed by atoms with Crippen molar-refractivity contribution in [2.75, 3.05) is 21.3 Å². The van der Waals surface area contributed by atoms with Crippen LogP contribution in [0.4, 0.5) is 0 Å². The Morgan fingerprint density at radius 2 is 1.75 bits per heavy atom. The number of ketones is 1.